The van der Waals surface area contributed by atoms with Crippen LogP contribution >= 0.6 is 8.25 Å². The van der Waals surface area contributed by atoms with Crippen molar-refractivity contribution in [1.29, 1.82) is 0 Å². The molecule has 1 aliphatic rings. The fourth-order valence-corrected chi connectivity index (χ4v) is 6.58. The zero-order valence-corrected chi connectivity index (χ0v) is 27.8. The summed E-state index contributed by atoms with van der Waals surface area (Å²) >= 11 is 0. The Kier molecular flexibility index (Phi) is 18.3. The second kappa shape index (κ2) is 21.9. The summed E-state index contributed by atoms with van der Waals surface area (Å²) in [6.45, 7) is 2.32. The number of nitrogen functional groups attached to an aromatic ring is 1. The highest BCUT2D eigenvalue weighted by Crippen LogP contribution is 2.39. The summed E-state index contributed by atoms with van der Waals surface area (Å²) in [6, 6.07) is 0. The van der Waals surface area contributed by atoms with Crippen molar-refractivity contribution < 1.29 is 28.6 Å². The van der Waals surface area contributed by atoms with Crippen molar-refractivity contribution in [3.8, 4) is 0 Å². The van der Waals surface area contributed by atoms with Gasteiger partial charge in [0.15, 0.2) is 23.8 Å². The lowest BCUT2D eigenvalue weighted by Crippen LogP contribution is -2.37. The third kappa shape index (κ3) is 12.6. The SMILES string of the molecule is CCCCCCCCCCCCCCCCCCCCCCOC1[C@@H](O[P+](=O)O)[C@@H](CO)O[C@H]1n1cnc2c(N)ncnc21. The molecule has 0 spiro atoms. The number of hydrogen-bond acceptors (Lipinski definition) is 9. The van der Waals surface area contributed by atoms with E-state index in [1.54, 1.807) is 4.57 Å². The molecule has 250 valence electrons. The standard InChI is InChI=1S/C32H56N5O6P/c1-2-3-4-5-6-7-8-9-10-11-12-13-14-15-16-17-18-19-20-21-22-41-29-28(43-44(39)40)26(23-38)42-32(29)37-25-36-27-30(33)34-24-35-31(27)37/h24-26,28-29,32,38H,2-23H2,1H3,(H2-,33,34,35,39,40)/p+1/t26-,28+,29?,32-/m1/s1. The minimum atomic E-state index is -2.92. The number of nitrogens with two attached hydrogens (primary N) is 1. The quantitative estimate of drug-likeness (QED) is 0.0695. The highest BCUT2D eigenvalue weighted by molar-refractivity contribution is 7.32. The molecule has 5 atom stereocenters. The maximum atomic E-state index is 11.6. The smallest absolute Gasteiger partial charge is 0.394 e. The number of anilines is 1. The zero-order valence-electron chi connectivity index (χ0n) is 26.9. The van der Waals surface area contributed by atoms with E-state index in [2.05, 4.69) is 21.9 Å². The summed E-state index contributed by atoms with van der Waals surface area (Å²) in [6.07, 6.45) is 26.0. The van der Waals surface area contributed by atoms with E-state index < -0.39 is 39.4 Å². The highest BCUT2D eigenvalue weighted by Gasteiger charge is 2.51. The first kappa shape index (κ1) is 36.7. The molecular formula is C32H57N5O6P+. The van der Waals surface area contributed by atoms with Crippen molar-refractivity contribution in [2.45, 2.75) is 160 Å². The number of rotatable bonds is 26. The Morgan fingerprint density at radius 2 is 1.34 bits per heavy atom. The summed E-state index contributed by atoms with van der Waals surface area (Å²) in [5.41, 5.74) is 6.80. The Labute approximate surface area is 264 Å². The number of unbranched alkanes of at least 4 members (excludes halogenated alkanes) is 19. The molecule has 11 nitrogen and oxygen atoms in total. The van der Waals surface area contributed by atoms with Gasteiger partial charge in [-0.25, -0.2) is 15.0 Å². The van der Waals surface area contributed by atoms with Gasteiger partial charge in [0, 0.05) is 11.2 Å². The third-order valence-electron chi connectivity index (χ3n) is 8.65. The normalized spacial score (nSPS) is 20.6. The van der Waals surface area contributed by atoms with Gasteiger partial charge in [-0.1, -0.05) is 129 Å². The first-order chi connectivity index (χ1) is 21.6. The lowest BCUT2D eigenvalue weighted by Gasteiger charge is -2.22. The lowest BCUT2D eigenvalue weighted by molar-refractivity contribution is -0.0705. The molecule has 2 unspecified atom stereocenters. The van der Waals surface area contributed by atoms with E-state index in [-0.39, 0.29) is 5.82 Å². The first-order valence-corrected chi connectivity index (χ1v) is 18.3. The fraction of sp³-hybridized carbons (Fsp3) is 0.844. The van der Waals surface area contributed by atoms with Crippen LogP contribution in [0.2, 0.25) is 0 Å². The van der Waals surface area contributed by atoms with Crippen molar-refractivity contribution in [2.24, 2.45) is 0 Å². The Balaban J connectivity index is 1.25. The van der Waals surface area contributed by atoms with E-state index in [1.165, 1.54) is 122 Å². The van der Waals surface area contributed by atoms with Crippen LogP contribution in [0.3, 0.4) is 0 Å². The number of nitrogens with zero attached hydrogens (tertiary/aromatic N) is 4. The summed E-state index contributed by atoms with van der Waals surface area (Å²) in [5.74, 6) is 0.235. The van der Waals surface area contributed by atoms with Gasteiger partial charge < -0.3 is 20.3 Å². The highest BCUT2D eigenvalue weighted by atomic mass is 31.1. The number of ether oxygens (including phenoxy) is 2. The second-order valence-corrected chi connectivity index (χ2v) is 12.9. The fourth-order valence-electron chi connectivity index (χ4n) is 6.12. The molecule has 12 heteroatoms. The number of imidazole rings is 1. The zero-order chi connectivity index (χ0) is 31.4. The maximum Gasteiger partial charge on any atom is 0.695 e. The van der Waals surface area contributed by atoms with E-state index in [1.807, 2.05) is 0 Å². The molecule has 0 saturated carbocycles. The van der Waals surface area contributed by atoms with Crippen molar-refractivity contribution in [3.05, 3.63) is 12.7 Å². The maximum absolute atomic E-state index is 11.6. The van der Waals surface area contributed by atoms with Crippen LogP contribution in [0.1, 0.15) is 142 Å². The van der Waals surface area contributed by atoms with E-state index >= 15 is 0 Å². The predicted molar refractivity (Wildman–Crippen MR) is 173 cm³/mol. The Morgan fingerprint density at radius 1 is 0.818 bits per heavy atom. The molecule has 0 aromatic carbocycles. The predicted octanol–water partition coefficient (Wildman–Crippen LogP) is 7.54. The summed E-state index contributed by atoms with van der Waals surface area (Å²) < 4.78 is 30.6. The van der Waals surface area contributed by atoms with Crippen LogP contribution in [0.5, 0.6) is 0 Å². The third-order valence-corrected chi connectivity index (χ3v) is 9.07. The van der Waals surface area contributed by atoms with Crippen LogP contribution in [0, 0.1) is 0 Å². The molecule has 2 aromatic heterocycles. The molecule has 44 heavy (non-hydrogen) atoms. The Bertz CT molecular complexity index is 1060. The minimum absolute atomic E-state index is 0.235. The van der Waals surface area contributed by atoms with Gasteiger partial charge in [-0.3, -0.25) is 4.57 Å². The van der Waals surface area contributed by atoms with E-state index in [0.29, 0.717) is 17.8 Å². The molecule has 0 radical (unpaired) electrons. The molecule has 0 bridgehead atoms. The van der Waals surface area contributed by atoms with Gasteiger partial charge in [0.2, 0.25) is 0 Å². The van der Waals surface area contributed by atoms with Crippen molar-refractivity contribution in [2.75, 3.05) is 18.9 Å². The lowest BCUT2D eigenvalue weighted by atomic mass is 10.0. The van der Waals surface area contributed by atoms with Crippen LogP contribution in [0.4, 0.5) is 5.82 Å². The summed E-state index contributed by atoms with van der Waals surface area (Å²) in [5, 5.41) is 9.88. The molecule has 3 heterocycles. The number of fused-ring (bicyclic) bond motifs is 1. The Morgan fingerprint density at radius 3 is 1.84 bits per heavy atom. The molecule has 2 aromatic rings. The molecular weight excluding hydrogens is 581 g/mol. The minimum Gasteiger partial charge on any atom is -0.394 e. The van der Waals surface area contributed by atoms with Gasteiger partial charge >= 0.3 is 8.25 Å². The van der Waals surface area contributed by atoms with Crippen LogP contribution < -0.4 is 5.73 Å². The average molecular weight is 639 g/mol. The number of aliphatic hydroxyl groups is 1. The van der Waals surface area contributed by atoms with Gasteiger partial charge in [-0.05, 0) is 6.42 Å². The van der Waals surface area contributed by atoms with Gasteiger partial charge in [0.25, 0.3) is 0 Å². The van der Waals surface area contributed by atoms with Crippen molar-refractivity contribution >= 4 is 25.2 Å². The molecule has 3 rings (SSSR count). The summed E-state index contributed by atoms with van der Waals surface area (Å²) in [7, 11) is -2.92. The molecule has 0 aliphatic carbocycles. The van der Waals surface area contributed by atoms with Crippen LogP contribution in [0.15, 0.2) is 12.7 Å². The van der Waals surface area contributed by atoms with Crippen molar-refractivity contribution in [3.63, 3.8) is 0 Å². The van der Waals surface area contributed by atoms with Crippen LogP contribution in [-0.4, -0.2) is 61.0 Å². The average Bonchev–Trinajstić information content (AvgIpc) is 3.59. The number of aromatic nitrogens is 4. The molecule has 1 saturated heterocycles. The first-order valence-electron chi connectivity index (χ1n) is 17.2. The number of aliphatic hydroxyl groups excluding tert-OH is 1. The Hall–Kier alpha value is -1.75. The van der Waals surface area contributed by atoms with Gasteiger partial charge in [0.1, 0.15) is 24.1 Å². The molecule has 1 aliphatic heterocycles. The van der Waals surface area contributed by atoms with Crippen molar-refractivity contribution in [1.82, 2.24) is 19.5 Å². The van der Waals surface area contributed by atoms with Gasteiger partial charge in [0.05, 0.1) is 12.9 Å². The van der Waals surface area contributed by atoms with E-state index in [4.69, 9.17) is 19.7 Å². The topological polar surface area (TPSA) is 155 Å². The summed E-state index contributed by atoms with van der Waals surface area (Å²) in [4.78, 5) is 22.0. The molecule has 0 amide bonds. The monoisotopic (exact) mass is 638 g/mol. The van der Waals surface area contributed by atoms with Crippen LogP contribution in [0.25, 0.3) is 11.2 Å². The molecule has 4 N–H and O–H groups in total. The van der Waals surface area contributed by atoms with E-state index in [9.17, 15) is 14.6 Å². The second-order valence-electron chi connectivity index (χ2n) is 12.2. The van der Waals surface area contributed by atoms with Crippen LogP contribution in [-0.2, 0) is 18.6 Å². The number of hydrogen-bond donors (Lipinski definition) is 3. The van der Waals surface area contributed by atoms with E-state index in [0.717, 1.165) is 19.3 Å². The molecule has 1 fully saturated rings. The van der Waals surface area contributed by atoms with Gasteiger partial charge in [-0.15, -0.1) is 9.42 Å². The largest absolute Gasteiger partial charge is 0.695 e. The van der Waals surface area contributed by atoms with Gasteiger partial charge in [-0.2, -0.15) is 0 Å².